The van der Waals surface area contributed by atoms with Crippen molar-refractivity contribution in [1.82, 2.24) is 9.80 Å². The molecule has 1 aromatic rings. The van der Waals surface area contributed by atoms with Crippen LogP contribution in [-0.4, -0.2) is 56.2 Å². The fraction of sp³-hybridized carbons (Fsp3) is 0.611. The lowest BCUT2D eigenvalue weighted by Crippen LogP contribution is -2.41. The fourth-order valence-corrected chi connectivity index (χ4v) is 3.23. The lowest BCUT2D eigenvalue weighted by molar-refractivity contribution is -0.137. The summed E-state index contributed by atoms with van der Waals surface area (Å²) in [6.45, 7) is 4.39. The van der Waals surface area contributed by atoms with Gasteiger partial charge in [0.2, 0.25) is 0 Å². The number of ether oxygens (including phenoxy) is 1. The van der Waals surface area contributed by atoms with Crippen LogP contribution in [-0.2, 0) is 6.18 Å². The molecule has 2 amide bonds. The summed E-state index contributed by atoms with van der Waals surface area (Å²) in [6, 6.07) is 3.01. The summed E-state index contributed by atoms with van der Waals surface area (Å²) < 4.78 is 45.1. The van der Waals surface area contributed by atoms with Gasteiger partial charge in [-0.3, -0.25) is 0 Å². The number of hydrogen-bond donors (Lipinski definition) is 1. The van der Waals surface area contributed by atoms with Crippen molar-refractivity contribution in [2.45, 2.75) is 25.9 Å². The van der Waals surface area contributed by atoms with E-state index in [2.05, 4.69) is 10.2 Å². The van der Waals surface area contributed by atoms with Gasteiger partial charge in [0.15, 0.2) is 0 Å². The maximum Gasteiger partial charge on any atom is 0.418 e. The van der Waals surface area contributed by atoms with Gasteiger partial charge in [0.1, 0.15) is 5.75 Å². The van der Waals surface area contributed by atoms with Gasteiger partial charge in [-0.05, 0) is 57.5 Å². The summed E-state index contributed by atoms with van der Waals surface area (Å²) in [5, 5.41) is 2.38. The maximum absolute atomic E-state index is 13.3. The van der Waals surface area contributed by atoms with E-state index in [1.807, 2.05) is 7.05 Å². The average Bonchev–Trinajstić information content (AvgIpc) is 2.55. The summed E-state index contributed by atoms with van der Waals surface area (Å²) >= 11 is 0. The largest absolute Gasteiger partial charge is 0.494 e. The van der Waals surface area contributed by atoms with E-state index in [1.165, 1.54) is 17.0 Å². The summed E-state index contributed by atoms with van der Waals surface area (Å²) in [5.74, 6) is 0.448. The molecular weight excluding hydrogens is 347 g/mol. The van der Waals surface area contributed by atoms with E-state index >= 15 is 0 Å². The van der Waals surface area contributed by atoms with Crippen molar-refractivity contribution in [3.05, 3.63) is 23.8 Å². The van der Waals surface area contributed by atoms with Crippen molar-refractivity contribution < 1.29 is 22.7 Å². The van der Waals surface area contributed by atoms with Crippen LogP contribution in [0.25, 0.3) is 0 Å². The highest BCUT2D eigenvalue weighted by Crippen LogP contribution is 2.37. The summed E-state index contributed by atoms with van der Waals surface area (Å²) in [6.07, 6.45) is -2.51. The van der Waals surface area contributed by atoms with E-state index in [0.717, 1.165) is 32.0 Å². The Morgan fingerprint density at radius 2 is 2.15 bits per heavy atom. The van der Waals surface area contributed by atoms with E-state index in [1.54, 1.807) is 14.0 Å². The summed E-state index contributed by atoms with van der Waals surface area (Å²) in [7, 11) is 3.63. The molecule has 0 aliphatic carbocycles. The van der Waals surface area contributed by atoms with Gasteiger partial charge in [-0.25, -0.2) is 4.79 Å². The van der Waals surface area contributed by atoms with Crippen LogP contribution in [0.1, 0.15) is 25.3 Å². The standard InChI is InChI=1S/C18H26F3N3O2/c1-4-26-14-7-8-16(15(10-14)18(19,20)21)22-17(25)24(3)12-13-6-5-9-23(2)11-13/h7-8,10,13H,4-6,9,11-12H2,1-3H3,(H,22,25). The zero-order valence-corrected chi connectivity index (χ0v) is 15.4. The Balaban J connectivity index is 2.07. The van der Waals surface area contributed by atoms with Gasteiger partial charge in [0.25, 0.3) is 0 Å². The second-order valence-corrected chi connectivity index (χ2v) is 6.72. The Hall–Kier alpha value is -1.96. The first-order valence-corrected chi connectivity index (χ1v) is 8.75. The fourth-order valence-electron chi connectivity index (χ4n) is 3.23. The molecule has 1 aliphatic rings. The number of amides is 2. The number of anilines is 1. The Bertz CT molecular complexity index is 622. The van der Waals surface area contributed by atoms with Gasteiger partial charge in [-0.2, -0.15) is 13.2 Å². The molecule has 0 saturated carbocycles. The van der Waals surface area contributed by atoms with Crippen molar-refractivity contribution in [2.24, 2.45) is 5.92 Å². The number of halogens is 3. The van der Waals surface area contributed by atoms with Gasteiger partial charge >= 0.3 is 12.2 Å². The molecule has 1 atom stereocenters. The van der Waals surface area contributed by atoms with Crippen LogP contribution in [0.15, 0.2) is 18.2 Å². The number of hydrogen-bond acceptors (Lipinski definition) is 3. The molecule has 2 rings (SSSR count). The topological polar surface area (TPSA) is 44.8 Å². The van der Waals surface area contributed by atoms with Crippen LogP contribution in [0.3, 0.4) is 0 Å². The maximum atomic E-state index is 13.3. The first kappa shape index (κ1) is 20.4. The van der Waals surface area contributed by atoms with E-state index in [9.17, 15) is 18.0 Å². The molecule has 0 radical (unpaired) electrons. The Labute approximate surface area is 152 Å². The van der Waals surface area contributed by atoms with Crippen molar-refractivity contribution in [3.8, 4) is 5.75 Å². The van der Waals surface area contributed by atoms with Crippen LogP contribution in [0, 0.1) is 5.92 Å². The number of nitrogens with zero attached hydrogens (tertiary/aromatic N) is 2. The number of urea groups is 1. The van der Waals surface area contributed by atoms with Gasteiger partial charge in [0, 0.05) is 20.1 Å². The molecule has 0 spiro atoms. The van der Waals surface area contributed by atoms with E-state index < -0.39 is 17.8 Å². The second kappa shape index (κ2) is 8.62. The smallest absolute Gasteiger partial charge is 0.418 e. The van der Waals surface area contributed by atoms with Gasteiger partial charge < -0.3 is 19.9 Å². The lowest BCUT2D eigenvalue weighted by atomic mass is 9.98. The highest BCUT2D eigenvalue weighted by atomic mass is 19.4. The molecule has 26 heavy (non-hydrogen) atoms. The molecule has 0 bridgehead atoms. The monoisotopic (exact) mass is 373 g/mol. The molecule has 1 heterocycles. The van der Waals surface area contributed by atoms with Gasteiger partial charge in [0.05, 0.1) is 17.9 Å². The number of carbonyl (C=O) groups excluding carboxylic acids is 1. The number of piperidine rings is 1. The van der Waals surface area contributed by atoms with Crippen LogP contribution in [0.5, 0.6) is 5.75 Å². The first-order chi connectivity index (χ1) is 12.2. The SMILES string of the molecule is CCOc1ccc(NC(=O)N(C)CC2CCCN(C)C2)c(C(F)(F)F)c1. The zero-order valence-electron chi connectivity index (χ0n) is 15.4. The zero-order chi connectivity index (χ0) is 19.3. The highest BCUT2D eigenvalue weighted by Gasteiger charge is 2.35. The molecule has 1 saturated heterocycles. The quantitative estimate of drug-likeness (QED) is 0.851. The van der Waals surface area contributed by atoms with Crippen LogP contribution in [0.2, 0.25) is 0 Å². The minimum atomic E-state index is -4.58. The average molecular weight is 373 g/mol. The Morgan fingerprint density at radius 3 is 2.77 bits per heavy atom. The van der Waals surface area contributed by atoms with Crippen molar-refractivity contribution >= 4 is 11.7 Å². The molecule has 1 N–H and O–H groups in total. The molecule has 1 aromatic carbocycles. The summed E-state index contributed by atoms with van der Waals surface area (Å²) in [5.41, 5.74) is -1.18. The lowest BCUT2D eigenvalue weighted by Gasteiger charge is -2.32. The first-order valence-electron chi connectivity index (χ1n) is 8.75. The Morgan fingerprint density at radius 1 is 1.42 bits per heavy atom. The van der Waals surface area contributed by atoms with E-state index in [0.29, 0.717) is 12.5 Å². The van der Waals surface area contributed by atoms with Gasteiger partial charge in [-0.1, -0.05) is 0 Å². The molecule has 1 fully saturated rings. The number of alkyl halides is 3. The number of likely N-dealkylation sites (tertiary alicyclic amines) is 1. The Kier molecular flexibility index (Phi) is 6.75. The third kappa shape index (κ3) is 5.52. The normalized spacial score (nSPS) is 18.5. The molecular formula is C18H26F3N3O2. The number of nitrogens with one attached hydrogen (secondary N) is 1. The van der Waals surface area contributed by atoms with Crippen LogP contribution < -0.4 is 10.1 Å². The molecule has 1 unspecified atom stereocenters. The molecule has 5 nitrogen and oxygen atoms in total. The second-order valence-electron chi connectivity index (χ2n) is 6.72. The highest BCUT2D eigenvalue weighted by molar-refractivity contribution is 5.90. The van der Waals surface area contributed by atoms with E-state index in [-0.39, 0.29) is 18.0 Å². The third-order valence-corrected chi connectivity index (χ3v) is 4.45. The predicted octanol–water partition coefficient (Wildman–Crippen LogP) is 3.91. The molecule has 0 aromatic heterocycles. The summed E-state index contributed by atoms with van der Waals surface area (Å²) in [4.78, 5) is 16.0. The predicted molar refractivity (Wildman–Crippen MR) is 94.5 cm³/mol. The van der Waals surface area contributed by atoms with Crippen LogP contribution in [0.4, 0.5) is 23.7 Å². The third-order valence-electron chi connectivity index (χ3n) is 4.45. The van der Waals surface area contributed by atoms with Crippen molar-refractivity contribution in [3.63, 3.8) is 0 Å². The minimum absolute atomic E-state index is 0.122. The van der Waals surface area contributed by atoms with Crippen molar-refractivity contribution in [1.29, 1.82) is 0 Å². The number of benzene rings is 1. The van der Waals surface area contributed by atoms with Crippen LogP contribution >= 0.6 is 0 Å². The van der Waals surface area contributed by atoms with E-state index in [4.69, 9.17) is 4.74 Å². The van der Waals surface area contributed by atoms with Crippen molar-refractivity contribution in [2.75, 3.05) is 45.7 Å². The minimum Gasteiger partial charge on any atom is -0.494 e. The number of rotatable bonds is 5. The molecule has 146 valence electrons. The van der Waals surface area contributed by atoms with Gasteiger partial charge in [-0.15, -0.1) is 0 Å². The molecule has 8 heteroatoms. The molecule has 1 aliphatic heterocycles. The number of carbonyl (C=O) groups is 1.